The van der Waals surface area contributed by atoms with Crippen molar-refractivity contribution in [1.82, 2.24) is 15.1 Å². The molecule has 0 saturated heterocycles. The highest BCUT2D eigenvalue weighted by atomic mass is 16.3. The van der Waals surface area contributed by atoms with Crippen LogP contribution in [0.25, 0.3) is 0 Å². The lowest BCUT2D eigenvalue weighted by Gasteiger charge is -2.10. The quantitative estimate of drug-likeness (QED) is 0.718. The van der Waals surface area contributed by atoms with Crippen LogP contribution in [0.2, 0.25) is 0 Å². The SMILES string of the molecule is Cc1cccc(C)c1CNc1cnn(CC(=O)NCCO)c1. The van der Waals surface area contributed by atoms with Gasteiger partial charge in [-0.1, -0.05) is 18.2 Å². The fourth-order valence-corrected chi connectivity index (χ4v) is 2.26. The van der Waals surface area contributed by atoms with Crippen LogP contribution in [0, 0.1) is 13.8 Å². The molecule has 0 unspecified atom stereocenters. The van der Waals surface area contributed by atoms with Crippen LogP contribution in [-0.2, 0) is 17.9 Å². The van der Waals surface area contributed by atoms with Crippen molar-refractivity contribution in [2.24, 2.45) is 0 Å². The minimum absolute atomic E-state index is 0.0621. The molecule has 0 saturated carbocycles. The Kier molecular flexibility index (Phi) is 5.55. The molecule has 2 aromatic rings. The average Bonchev–Trinajstić information content (AvgIpc) is 2.92. The molecule has 0 aliphatic heterocycles. The fourth-order valence-electron chi connectivity index (χ4n) is 2.26. The molecule has 1 amide bonds. The number of hydrogen-bond donors (Lipinski definition) is 3. The predicted molar refractivity (Wildman–Crippen MR) is 85.6 cm³/mol. The lowest BCUT2D eigenvalue weighted by atomic mass is 10.0. The van der Waals surface area contributed by atoms with Crippen LogP contribution in [0.3, 0.4) is 0 Å². The van der Waals surface area contributed by atoms with E-state index in [2.05, 4.69) is 47.8 Å². The van der Waals surface area contributed by atoms with Gasteiger partial charge < -0.3 is 15.7 Å². The highest BCUT2D eigenvalue weighted by molar-refractivity contribution is 5.75. The van der Waals surface area contributed by atoms with Crippen LogP contribution in [0.4, 0.5) is 5.69 Å². The van der Waals surface area contributed by atoms with Crippen molar-refractivity contribution in [3.05, 3.63) is 47.3 Å². The van der Waals surface area contributed by atoms with Crippen molar-refractivity contribution >= 4 is 11.6 Å². The Balaban J connectivity index is 1.91. The van der Waals surface area contributed by atoms with Crippen LogP contribution < -0.4 is 10.6 Å². The third kappa shape index (κ3) is 4.33. The third-order valence-corrected chi connectivity index (χ3v) is 3.49. The first kappa shape index (κ1) is 16.0. The number of hydrogen-bond acceptors (Lipinski definition) is 4. The average molecular weight is 302 g/mol. The molecule has 0 spiro atoms. The van der Waals surface area contributed by atoms with Gasteiger partial charge in [-0.25, -0.2) is 0 Å². The van der Waals surface area contributed by atoms with Gasteiger partial charge in [-0.3, -0.25) is 9.48 Å². The number of aryl methyl sites for hydroxylation is 2. The first-order valence-electron chi connectivity index (χ1n) is 7.29. The molecule has 0 aliphatic carbocycles. The summed E-state index contributed by atoms with van der Waals surface area (Å²) in [5, 5.41) is 18.7. The van der Waals surface area contributed by atoms with Crippen molar-refractivity contribution in [2.75, 3.05) is 18.5 Å². The maximum absolute atomic E-state index is 11.5. The Labute approximate surface area is 130 Å². The van der Waals surface area contributed by atoms with Gasteiger partial charge in [0.2, 0.25) is 5.91 Å². The standard InChI is InChI=1S/C16H22N4O2/c1-12-4-3-5-13(2)15(12)9-18-14-8-19-20(10-14)11-16(22)17-6-7-21/h3-5,8,10,18,21H,6-7,9,11H2,1-2H3,(H,17,22). The van der Waals surface area contributed by atoms with E-state index in [1.54, 1.807) is 17.1 Å². The first-order valence-corrected chi connectivity index (χ1v) is 7.29. The van der Waals surface area contributed by atoms with Gasteiger partial charge in [0.25, 0.3) is 0 Å². The van der Waals surface area contributed by atoms with Crippen molar-refractivity contribution in [2.45, 2.75) is 26.9 Å². The van der Waals surface area contributed by atoms with Gasteiger partial charge in [-0.15, -0.1) is 0 Å². The number of carbonyl (C=O) groups is 1. The van der Waals surface area contributed by atoms with E-state index in [9.17, 15) is 4.79 Å². The third-order valence-electron chi connectivity index (χ3n) is 3.49. The molecular weight excluding hydrogens is 280 g/mol. The molecule has 22 heavy (non-hydrogen) atoms. The first-order chi connectivity index (χ1) is 10.6. The number of anilines is 1. The lowest BCUT2D eigenvalue weighted by molar-refractivity contribution is -0.122. The van der Waals surface area contributed by atoms with E-state index in [-0.39, 0.29) is 25.6 Å². The van der Waals surface area contributed by atoms with E-state index in [1.807, 2.05) is 0 Å². The van der Waals surface area contributed by atoms with Gasteiger partial charge >= 0.3 is 0 Å². The van der Waals surface area contributed by atoms with E-state index >= 15 is 0 Å². The van der Waals surface area contributed by atoms with E-state index in [0.29, 0.717) is 0 Å². The van der Waals surface area contributed by atoms with Crippen molar-refractivity contribution in [3.63, 3.8) is 0 Å². The molecule has 0 atom stereocenters. The van der Waals surface area contributed by atoms with Gasteiger partial charge in [-0.2, -0.15) is 5.10 Å². The second-order valence-electron chi connectivity index (χ2n) is 5.22. The Morgan fingerprint density at radius 2 is 2.05 bits per heavy atom. The molecule has 6 nitrogen and oxygen atoms in total. The molecule has 2 rings (SSSR count). The summed E-state index contributed by atoms with van der Waals surface area (Å²) >= 11 is 0. The minimum atomic E-state index is -0.168. The normalized spacial score (nSPS) is 10.5. The number of amides is 1. The second kappa shape index (κ2) is 7.61. The van der Waals surface area contributed by atoms with Crippen molar-refractivity contribution in [1.29, 1.82) is 0 Å². The molecule has 0 aliphatic rings. The topological polar surface area (TPSA) is 79.2 Å². The Hall–Kier alpha value is -2.34. The fraction of sp³-hybridized carbons (Fsp3) is 0.375. The number of rotatable bonds is 7. The molecule has 3 N–H and O–H groups in total. The van der Waals surface area contributed by atoms with Gasteiger partial charge in [-0.05, 0) is 30.5 Å². The summed E-state index contributed by atoms with van der Waals surface area (Å²) in [6.45, 7) is 5.26. The molecule has 118 valence electrons. The monoisotopic (exact) mass is 302 g/mol. The molecule has 1 aromatic heterocycles. The lowest BCUT2D eigenvalue weighted by Crippen LogP contribution is -2.30. The largest absolute Gasteiger partial charge is 0.395 e. The summed E-state index contributed by atoms with van der Waals surface area (Å²) in [4.78, 5) is 11.5. The molecule has 1 aromatic carbocycles. The van der Waals surface area contributed by atoms with Crippen LogP contribution >= 0.6 is 0 Å². The molecule has 0 radical (unpaired) electrons. The highest BCUT2D eigenvalue weighted by Crippen LogP contribution is 2.15. The molecule has 0 fully saturated rings. The second-order valence-corrected chi connectivity index (χ2v) is 5.22. The number of nitrogens with one attached hydrogen (secondary N) is 2. The minimum Gasteiger partial charge on any atom is -0.395 e. The highest BCUT2D eigenvalue weighted by Gasteiger charge is 2.06. The zero-order valence-electron chi connectivity index (χ0n) is 13.0. The van der Waals surface area contributed by atoms with E-state index < -0.39 is 0 Å². The van der Waals surface area contributed by atoms with Crippen molar-refractivity contribution < 1.29 is 9.90 Å². The summed E-state index contributed by atoms with van der Waals surface area (Å²) in [6.07, 6.45) is 3.50. The van der Waals surface area contributed by atoms with Crippen LogP contribution in [-0.4, -0.2) is 33.9 Å². The Bertz CT molecular complexity index is 617. The summed E-state index contributed by atoms with van der Waals surface area (Å²) < 4.78 is 1.57. The molecule has 0 bridgehead atoms. The Morgan fingerprint density at radius 1 is 1.32 bits per heavy atom. The number of nitrogens with zero attached hydrogens (tertiary/aromatic N) is 2. The van der Waals surface area contributed by atoms with Crippen LogP contribution in [0.5, 0.6) is 0 Å². The van der Waals surface area contributed by atoms with Crippen LogP contribution in [0.15, 0.2) is 30.6 Å². The van der Waals surface area contributed by atoms with Gasteiger partial charge in [0.15, 0.2) is 0 Å². The van der Waals surface area contributed by atoms with E-state index in [4.69, 9.17) is 5.11 Å². The number of carbonyl (C=O) groups excluding carboxylic acids is 1. The summed E-state index contributed by atoms with van der Waals surface area (Å²) in [5.74, 6) is -0.168. The maximum atomic E-state index is 11.5. The Morgan fingerprint density at radius 3 is 2.73 bits per heavy atom. The number of aliphatic hydroxyl groups is 1. The maximum Gasteiger partial charge on any atom is 0.241 e. The van der Waals surface area contributed by atoms with Gasteiger partial charge in [0.1, 0.15) is 6.54 Å². The predicted octanol–water partition coefficient (Wildman–Crippen LogP) is 1.22. The van der Waals surface area contributed by atoms with E-state index in [0.717, 1.165) is 12.2 Å². The van der Waals surface area contributed by atoms with Crippen LogP contribution in [0.1, 0.15) is 16.7 Å². The summed E-state index contributed by atoms with van der Waals surface area (Å²) in [6, 6.07) is 6.25. The smallest absolute Gasteiger partial charge is 0.241 e. The zero-order chi connectivity index (χ0) is 15.9. The molecule has 1 heterocycles. The van der Waals surface area contributed by atoms with Gasteiger partial charge in [0.05, 0.1) is 18.5 Å². The molecular formula is C16H22N4O2. The van der Waals surface area contributed by atoms with Gasteiger partial charge in [0, 0.05) is 19.3 Å². The number of benzene rings is 1. The summed E-state index contributed by atoms with van der Waals surface area (Å²) in [5.41, 5.74) is 4.65. The summed E-state index contributed by atoms with van der Waals surface area (Å²) in [7, 11) is 0. The molecule has 6 heteroatoms. The van der Waals surface area contributed by atoms with Crippen molar-refractivity contribution in [3.8, 4) is 0 Å². The number of aliphatic hydroxyl groups excluding tert-OH is 1. The number of aromatic nitrogens is 2. The van der Waals surface area contributed by atoms with E-state index in [1.165, 1.54) is 16.7 Å². The zero-order valence-corrected chi connectivity index (χ0v) is 13.0.